The Morgan fingerprint density at radius 2 is 1.84 bits per heavy atom. The minimum Gasteiger partial charge on any atom is -0.444 e. The van der Waals surface area contributed by atoms with E-state index in [1.807, 2.05) is 51.1 Å². The molecule has 0 atom stereocenters. The van der Waals surface area contributed by atoms with Crippen LogP contribution in [0.25, 0.3) is 0 Å². The number of carbonyl (C=O) groups excluding carboxylic acids is 2. The van der Waals surface area contributed by atoms with Gasteiger partial charge in [0.1, 0.15) is 11.2 Å². The number of ether oxygens (including phenoxy) is 2. The number of piperidine rings is 1. The monoisotopic (exact) mass is 346 g/mol. The van der Waals surface area contributed by atoms with Gasteiger partial charge in [0, 0.05) is 32.5 Å². The molecule has 1 aromatic rings. The van der Waals surface area contributed by atoms with Crippen LogP contribution in [0.3, 0.4) is 0 Å². The summed E-state index contributed by atoms with van der Waals surface area (Å²) in [4.78, 5) is 27.9. The van der Waals surface area contributed by atoms with Gasteiger partial charge in [-0.1, -0.05) is 30.3 Å². The van der Waals surface area contributed by atoms with Gasteiger partial charge < -0.3 is 14.4 Å². The molecule has 25 heavy (non-hydrogen) atoms. The maximum Gasteiger partial charge on any atom is 0.410 e. The second-order valence-corrected chi connectivity index (χ2v) is 7.86. The Labute approximate surface area is 148 Å². The number of nitrogens with zero attached hydrogens (tertiary/aromatic N) is 2. The fourth-order valence-corrected chi connectivity index (χ4v) is 3.30. The molecule has 0 bridgehead atoms. The van der Waals surface area contributed by atoms with Crippen LogP contribution in [-0.2, 0) is 16.0 Å². The molecular weight excluding hydrogens is 320 g/mol. The van der Waals surface area contributed by atoms with E-state index in [1.165, 1.54) is 0 Å². The summed E-state index contributed by atoms with van der Waals surface area (Å²) in [6.07, 6.45) is 0.717. The highest BCUT2D eigenvalue weighted by atomic mass is 16.6. The number of carbonyl (C=O) groups is 2. The van der Waals surface area contributed by atoms with Crippen LogP contribution in [-0.4, -0.2) is 52.8 Å². The number of rotatable bonds is 2. The smallest absolute Gasteiger partial charge is 0.410 e. The predicted octanol–water partition coefficient (Wildman–Crippen LogP) is 3.41. The van der Waals surface area contributed by atoms with E-state index in [0.717, 1.165) is 5.56 Å². The molecule has 2 amide bonds. The lowest BCUT2D eigenvalue weighted by atomic mass is 9.91. The van der Waals surface area contributed by atoms with Gasteiger partial charge in [-0.15, -0.1) is 0 Å². The average Bonchev–Trinajstić information content (AvgIpc) is 2.82. The van der Waals surface area contributed by atoms with Crippen LogP contribution in [0.5, 0.6) is 0 Å². The predicted molar refractivity (Wildman–Crippen MR) is 93.1 cm³/mol. The molecule has 6 heteroatoms. The van der Waals surface area contributed by atoms with Gasteiger partial charge in [0.15, 0.2) is 0 Å². The van der Waals surface area contributed by atoms with Crippen LogP contribution in [0.2, 0.25) is 0 Å². The molecule has 0 radical (unpaired) electrons. The Kier molecular flexibility index (Phi) is 4.62. The van der Waals surface area contributed by atoms with Gasteiger partial charge in [-0.3, -0.25) is 4.90 Å². The molecule has 136 valence electrons. The summed E-state index contributed by atoms with van der Waals surface area (Å²) >= 11 is 0. The number of amides is 2. The van der Waals surface area contributed by atoms with Crippen molar-refractivity contribution in [3.8, 4) is 0 Å². The summed E-state index contributed by atoms with van der Waals surface area (Å²) in [5.74, 6) is 0. The summed E-state index contributed by atoms with van der Waals surface area (Å²) in [6, 6.07) is 9.89. The van der Waals surface area contributed by atoms with E-state index in [2.05, 4.69) is 0 Å². The second kappa shape index (κ2) is 6.58. The minimum absolute atomic E-state index is 0.269. The third-order valence-corrected chi connectivity index (χ3v) is 4.58. The topological polar surface area (TPSA) is 59.1 Å². The van der Waals surface area contributed by atoms with Crippen LogP contribution >= 0.6 is 0 Å². The summed E-state index contributed by atoms with van der Waals surface area (Å²) in [6.45, 7) is 7.78. The number of hydrogen-bond donors (Lipinski definition) is 0. The first-order valence-electron chi connectivity index (χ1n) is 8.76. The van der Waals surface area contributed by atoms with Gasteiger partial charge in [0.25, 0.3) is 0 Å². The first kappa shape index (κ1) is 17.6. The molecule has 2 saturated heterocycles. The SMILES string of the molecule is CC(C)(C)OC(=O)N1CCC2(CC1)CN(Cc1ccccc1)C(=O)O2. The van der Waals surface area contributed by atoms with Crippen molar-refractivity contribution >= 4 is 12.2 Å². The molecule has 6 nitrogen and oxygen atoms in total. The van der Waals surface area contributed by atoms with Crippen LogP contribution in [0.15, 0.2) is 30.3 Å². The Bertz CT molecular complexity index is 631. The van der Waals surface area contributed by atoms with Crippen LogP contribution in [0.1, 0.15) is 39.2 Å². The van der Waals surface area contributed by atoms with Crippen molar-refractivity contribution in [2.75, 3.05) is 19.6 Å². The standard InChI is InChI=1S/C19H26N2O4/c1-18(2,3)24-16(22)20-11-9-19(10-12-20)14-21(17(23)25-19)13-15-7-5-4-6-8-15/h4-8H,9-14H2,1-3H3. The molecule has 2 aliphatic rings. The van der Waals surface area contributed by atoms with Crippen molar-refractivity contribution < 1.29 is 19.1 Å². The fourth-order valence-electron chi connectivity index (χ4n) is 3.30. The molecule has 1 spiro atoms. The number of benzene rings is 1. The van der Waals surface area contributed by atoms with E-state index in [0.29, 0.717) is 39.0 Å². The molecule has 0 saturated carbocycles. The fraction of sp³-hybridized carbons (Fsp3) is 0.579. The third kappa shape index (κ3) is 4.24. The summed E-state index contributed by atoms with van der Waals surface area (Å²) < 4.78 is 11.1. The molecule has 0 unspecified atom stereocenters. The van der Waals surface area contributed by atoms with E-state index in [4.69, 9.17) is 9.47 Å². The summed E-state index contributed by atoms with van der Waals surface area (Å²) in [5.41, 5.74) is 0.103. The largest absolute Gasteiger partial charge is 0.444 e. The Balaban J connectivity index is 1.57. The highest BCUT2D eigenvalue weighted by molar-refractivity contribution is 5.71. The number of likely N-dealkylation sites (tertiary alicyclic amines) is 1. The maximum absolute atomic E-state index is 12.3. The number of hydrogen-bond acceptors (Lipinski definition) is 4. The van der Waals surface area contributed by atoms with Crippen LogP contribution < -0.4 is 0 Å². The molecule has 3 rings (SSSR count). The third-order valence-electron chi connectivity index (χ3n) is 4.58. The molecule has 2 aliphatic heterocycles. The van der Waals surface area contributed by atoms with E-state index in [1.54, 1.807) is 9.80 Å². The Hall–Kier alpha value is -2.24. The van der Waals surface area contributed by atoms with Crippen LogP contribution in [0.4, 0.5) is 9.59 Å². The summed E-state index contributed by atoms with van der Waals surface area (Å²) in [7, 11) is 0. The van der Waals surface area contributed by atoms with Crippen molar-refractivity contribution in [1.82, 2.24) is 9.80 Å². The van der Waals surface area contributed by atoms with Crippen molar-refractivity contribution in [2.24, 2.45) is 0 Å². The molecule has 1 aromatic carbocycles. The normalized spacial score (nSPS) is 19.9. The molecule has 0 aromatic heterocycles. The van der Waals surface area contributed by atoms with Gasteiger partial charge in [0.2, 0.25) is 0 Å². The lowest BCUT2D eigenvalue weighted by Gasteiger charge is -2.37. The molecule has 2 fully saturated rings. The highest BCUT2D eigenvalue weighted by Crippen LogP contribution is 2.34. The zero-order valence-corrected chi connectivity index (χ0v) is 15.2. The van der Waals surface area contributed by atoms with Gasteiger partial charge in [-0.2, -0.15) is 0 Å². The van der Waals surface area contributed by atoms with Gasteiger partial charge in [-0.25, -0.2) is 9.59 Å². The Morgan fingerprint density at radius 1 is 1.20 bits per heavy atom. The molecule has 2 heterocycles. The maximum atomic E-state index is 12.3. The second-order valence-electron chi connectivity index (χ2n) is 7.86. The first-order valence-corrected chi connectivity index (χ1v) is 8.76. The van der Waals surface area contributed by atoms with Gasteiger partial charge in [-0.05, 0) is 26.3 Å². The molecule has 0 N–H and O–H groups in total. The lowest BCUT2D eigenvalue weighted by molar-refractivity contribution is -0.0170. The molecular formula is C19H26N2O4. The zero-order chi connectivity index (χ0) is 18.1. The average molecular weight is 346 g/mol. The van der Waals surface area contributed by atoms with Crippen molar-refractivity contribution in [2.45, 2.75) is 51.4 Å². The van der Waals surface area contributed by atoms with E-state index in [-0.39, 0.29) is 12.2 Å². The van der Waals surface area contributed by atoms with Crippen molar-refractivity contribution in [3.05, 3.63) is 35.9 Å². The van der Waals surface area contributed by atoms with E-state index >= 15 is 0 Å². The van der Waals surface area contributed by atoms with Crippen molar-refractivity contribution in [1.29, 1.82) is 0 Å². The Morgan fingerprint density at radius 3 is 2.44 bits per heavy atom. The summed E-state index contributed by atoms with van der Waals surface area (Å²) in [5, 5.41) is 0. The molecule has 0 aliphatic carbocycles. The zero-order valence-electron chi connectivity index (χ0n) is 15.2. The highest BCUT2D eigenvalue weighted by Gasteiger charge is 2.47. The van der Waals surface area contributed by atoms with E-state index in [9.17, 15) is 9.59 Å². The van der Waals surface area contributed by atoms with Gasteiger partial charge >= 0.3 is 12.2 Å². The van der Waals surface area contributed by atoms with Crippen molar-refractivity contribution in [3.63, 3.8) is 0 Å². The van der Waals surface area contributed by atoms with Gasteiger partial charge in [0.05, 0.1) is 6.54 Å². The first-order chi connectivity index (χ1) is 11.8. The van der Waals surface area contributed by atoms with Crippen LogP contribution in [0, 0.1) is 0 Å². The lowest BCUT2D eigenvalue weighted by Crippen LogP contribution is -2.49. The minimum atomic E-state index is -0.501. The van der Waals surface area contributed by atoms with E-state index < -0.39 is 11.2 Å². The quantitative estimate of drug-likeness (QED) is 0.823.